The number of aromatic hydroxyl groups is 2. The summed E-state index contributed by atoms with van der Waals surface area (Å²) in [7, 11) is 0. The highest BCUT2D eigenvalue weighted by Crippen LogP contribution is 2.22. The molecule has 0 saturated heterocycles. The summed E-state index contributed by atoms with van der Waals surface area (Å²) in [6.07, 6.45) is 21.6. The van der Waals surface area contributed by atoms with Crippen LogP contribution in [0.15, 0.2) is 46.4 Å². The number of phenols is 2. The quantitative estimate of drug-likeness (QED) is 0.101. The monoisotopic (exact) mass is 552 g/mol. The van der Waals surface area contributed by atoms with E-state index >= 15 is 0 Å². The van der Waals surface area contributed by atoms with Crippen molar-refractivity contribution in [3.05, 3.63) is 53.1 Å². The summed E-state index contributed by atoms with van der Waals surface area (Å²) in [5.74, 6) is -0.259. The third-order valence-corrected chi connectivity index (χ3v) is 6.86. The molecule has 0 bridgehead atoms. The zero-order chi connectivity index (χ0) is 28.8. The molecule has 0 heterocycles. The molecule has 2 aromatic rings. The van der Waals surface area contributed by atoms with E-state index < -0.39 is 5.97 Å². The maximum Gasteiger partial charge on any atom is 0.335 e. The number of rotatable bonds is 22. The molecule has 0 aliphatic heterocycles. The number of carboxylic acid groups (broad SMARTS) is 1. The van der Waals surface area contributed by atoms with E-state index in [4.69, 9.17) is 9.84 Å². The van der Waals surface area contributed by atoms with Crippen LogP contribution in [0.3, 0.4) is 0 Å². The lowest BCUT2D eigenvalue weighted by Gasteiger charge is -2.08. The van der Waals surface area contributed by atoms with Crippen LogP contribution in [-0.2, 0) is 0 Å². The minimum Gasteiger partial charge on any atom is -0.507 e. The number of carbonyl (C=O) groups is 1. The van der Waals surface area contributed by atoms with Crippen LogP contribution >= 0.6 is 0 Å². The molecule has 0 spiro atoms. The minimum absolute atomic E-state index is 0.0342. The molecule has 220 valence electrons. The van der Waals surface area contributed by atoms with Crippen LogP contribution in [0.4, 0.5) is 0 Å². The Kier molecular flexibility index (Phi) is 16.9. The number of aromatic carboxylic acids is 1. The van der Waals surface area contributed by atoms with E-state index in [1.54, 1.807) is 24.4 Å². The van der Waals surface area contributed by atoms with Crippen molar-refractivity contribution in [3.63, 3.8) is 0 Å². The molecule has 0 unspecified atom stereocenters. The van der Waals surface area contributed by atoms with Crippen LogP contribution < -0.4 is 4.74 Å². The maximum atomic E-state index is 11.1. The predicted octanol–water partition coefficient (Wildman–Crippen LogP) is 8.19. The molecule has 40 heavy (non-hydrogen) atoms. The second-order valence-electron chi connectivity index (χ2n) is 10.3. The van der Waals surface area contributed by atoms with Crippen LogP contribution in [-0.4, -0.2) is 53.4 Å². The summed E-state index contributed by atoms with van der Waals surface area (Å²) in [6, 6.07) is 9.19. The molecule has 0 atom stereocenters. The first kappa shape index (κ1) is 32.9. The third kappa shape index (κ3) is 14.2. The summed E-state index contributed by atoms with van der Waals surface area (Å²) >= 11 is 0. The predicted molar refractivity (Wildman–Crippen MR) is 164 cm³/mol. The molecule has 0 aliphatic rings. The van der Waals surface area contributed by atoms with Gasteiger partial charge in [-0.05, 0) is 42.8 Å². The number of hydrogen-bond acceptors (Lipinski definition) is 6. The zero-order valence-corrected chi connectivity index (χ0v) is 24.2. The first-order valence-corrected chi connectivity index (χ1v) is 15.0. The average Bonchev–Trinajstić information content (AvgIpc) is 2.94. The Morgan fingerprint density at radius 2 is 1.18 bits per heavy atom. The summed E-state index contributed by atoms with van der Waals surface area (Å²) in [4.78, 5) is 19.6. The van der Waals surface area contributed by atoms with Crippen molar-refractivity contribution in [2.75, 3.05) is 19.7 Å². The van der Waals surface area contributed by atoms with Gasteiger partial charge in [-0.25, -0.2) is 4.79 Å². The lowest BCUT2D eigenvalue weighted by atomic mass is 10.0. The molecule has 7 heteroatoms. The van der Waals surface area contributed by atoms with Gasteiger partial charge in [0.15, 0.2) is 0 Å². The number of nitrogens with zero attached hydrogens (tertiary/aromatic N) is 2. The SMILES string of the molecule is CCCCCCCCCCCCCCCCOc1ccc(O)c(C=NCCN=Cc2cc(C(=O)O)ccc2O)c1. The van der Waals surface area contributed by atoms with Gasteiger partial charge in [-0.1, -0.05) is 90.4 Å². The highest BCUT2D eigenvalue weighted by Gasteiger charge is 2.06. The van der Waals surface area contributed by atoms with E-state index in [0.29, 0.717) is 36.6 Å². The molecule has 0 aromatic heterocycles. The van der Waals surface area contributed by atoms with Gasteiger partial charge in [0.2, 0.25) is 0 Å². The standard InChI is InChI=1S/C33H48N2O5/c1-2-3-4-5-6-7-8-9-10-11-12-13-14-15-22-40-30-17-19-32(37)29(24-30)26-35-21-20-34-25-28-23-27(33(38)39)16-18-31(28)36/h16-19,23-26,36-37H,2-15,20-22H2,1H3,(H,38,39). The van der Waals surface area contributed by atoms with Crippen molar-refractivity contribution < 1.29 is 24.9 Å². The third-order valence-electron chi connectivity index (χ3n) is 6.86. The van der Waals surface area contributed by atoms with Gasteiger partial charge in [0.05, 0.1) is 25.3 Å². The van der Waals surface area contributed by atoms with E-state index in [9.17, 15) is 15.0 Å². The van der Waals surface area contributed by atoms with Crippen LogP contribution in [0.25, 0.3) is 0 Å². The van der Waals surface area contributed by atoms with E-state index in [2.05, 4.69) is 16.9 Å². The molecule has 2 rings (SSSR count). The van der Waals surface area contributed by atoms with E-state index in [-0.39, 0.29) is 17.1 Å². The number of ether oxygens (including phenoxy) is 1. The maximum absolute atomic E-state index is 11.1. The average molecular weight is 553 g/mol. The fourth-order valence-corrected chi connectivity index (χ4v) is 4.44. The summed E-state index contributed by atoms with van der Waals surface area (Å²) in [5, 5.41) is 29.1. The molecule has 0 amide bonds. The topological polar surface area (TPSA) is 112 Å². The van der Waals surface area contributed by atoms with Crippen LogP contribution in [0.2, 0.25) is 0 Å². The summed E-state index contributed by atoms with van der Waals surface area (Å²) in [5.41, 5.74) is 0.999. The Labute approximate surface area is 240 Å². The van der Waals surface area contributed by atoms with Gasteiger partial charge in [0, 0.05) is 23.6 Å². The lowest BCUT2D eigenvalue weighted by Crippen LogP contribution is -1.98. The van der Waals surface area contributed by atoms with Gasteiger partial charge in [0.1, 0.15) is 17.2 Å². The molecule has 2 aromatic carbocycles. The highest BCUT2D eigenvalue weighted by atomic mass is 16.5. The summed E-state index contributed by atoms with van der Waals surface area (Å²) < 4.78 is 5.88. The van der Waals surface area contributed by atoms with Crippen molar-refractivity contribution in [2.45, 2.75) is 96.8 Å². The van der Waals surface area contributed by atoms with Crippen molar-refractivity contribution >= 4 is 18.4 Å². The van der Waals surface area contributed by atoms with E-state index in [1.807, 2.05) is 0 Å². The Bertz CT molecular complexity index is 1050. The molecule has 0 saturated carbocycles. The van der Waals surface area contributed by atoms with Crippen molar-refractivity contribution in [2.24, 2.45) is 9.98 Å². The molecule has 7 nitrogen and oxygen atoms in total. The molecule has 0 fully saturated rings. The molecule has 3 N–H and O–H groups in total. The molecular weight excluding hydrogens is 504 g/mol. The largest absolute Gasteiger partial charge is 0.507 e. The second-order valence-corrected chi connectivity index (χ2v) is 10.3. The number of phenolic OH excluding ortho intramolecular Hbond substituents is 2. The van der Waals surface area contributed by atoms with Gasteiger partial charge >= 0.3 is 5.97 Å². The Morgan fingerprint density at radius 3 is 1.70 bits per heavy atom. The first-order chi connectivity index (χ1) is 19.5. The van der Waals surface area contributed by atoms with Crippen molar-refractivity contribution in [1.82, 2.24) is 0 Å². The Morgan fingerprint density at radius 1 is 0.700 bits per heavy atom. The van der Waals surface area contributed by atoms with Crippen LogP contribution in [0.1, 0.15) is 118 Å². The number of carboxylic acids is 1. The number of unbranched alkanes of at least 4 members (excludes halogenated alkanes) is 13. The van der Waals surface area contributed by atoms with Crippen LogP contribution in [0, 0.1) is 0 Å². The minimum atomic E-state index is -1.06. The van der Waals surface area contributed by atoms with Crippen molar-refractivity contribution in [3.8, 4) is 17.2 Å². The number of benzene rings is 2. The summed E-state index contributed by atoms with van der Waals surface area (Å²) in [6.45, 7) is 3.65. The molecule has 0 aliphatic carbocycles. The van der Waals surface area contributed by atoms with Gasteiger partial charge in [-0.15, -0.1) is 0 Å². The van der Waals surface area contributed by atoms with E-state index in [1.165, 1.54) is 108 Å². The fraction of sp³-hybridized carbons (Fsp3) is 0.545. The van der Waals surface area contributed by atoms with Gasteiger partial charge < -0.3 is 20.1 Å². The van der Waals surface area contributed by atoms with Crippen molar-refractivity contribution in [1.29, 1.82) is 0 Å². The zero-order valence-electron chi connectivity index (χ0n) is 24.2. The normalized spacial score (nSPS) is 11.5. The Hall–Kier alpha value is -3.35. The molecular formula is C33H48N2O5. The first-order valence-electron chi connectivity index (χ1n) is 15.0. The molecule has 0 radical (unpaired) electrons. The van der Waals surface area contributed by atoms with Gasteiger partial charge in [-0.3, -0.25) is 9.98 Å². The van der Waals surface area contributed by atoms with Crippen LogP contribution in [0.5, 0.6) is 17.2 Å². The number of aliphatic imine (C=N–C) groups is 2. The number of hydrogen-bond donors (Lipinski definition) is 3. The fourth-order valence-electron chi connectivity index (χ4n) is 4.44. The Balaban J connectivity index is 1.57. The second kappa shape index (κ2) is 20.5. The smallest absolute Gasteiger partial charge is 0.335 e. The van der Waals surface area contributed by atoms with Gasteiger partial charge in [-0.2, -0.15) is 0 Å². The lowest BCUT2D eigenvalue weighted by molar-refractivity contribution is 0.0697. The highest BCUT2D eigenvalue weighted by molar-refractivity contribution is 5.92. The van der Waals surface area contributed by atoms with E-state index in [0.717, 1.165) is 6.42 Å². The van der Waals surface area contributed by atoms with Gasteiger partial charge in [0.25, 0.3) is 0 Å².